The zero-order valence-electron chi connectivity index (χ0n) is 13.2. The van der Waals surface area contributed by atoms with E-state index in [0.29, 0.717) is 36.0 Å². The first kappa shape index (κ1) is 15.6. The number of rotatable bonds is 5. The second kappa shape index (κ2) is 6.87. The molecular formula is C17H16N4O3. The molecule has 122 valence electrons. The molecule has 1 aromatic carbocycles. The molecule has 2 amide bonds. The van der Waals surface area contributed by atoms with Crippen molar-refractivity contribution in [3.05, 3.63) is 48.2 Å². The van der Waals surface area contributed by atoms with Crippen molar-refractivity contribution in [3.8, 4) is 6.07 Å². The number of nitrogens with zero attached hydrogens (tertiary/aromatic N) is 3. The molecule has 1 N–H and O–H groups in total. The van der Waals surface area contributed by atoms with Gasteiger partial charge in [0.25, 0.3) is 0 Å². The Morgan fingerprint density at radius 2 is 2.29 bits per heavy atom. The Hall–Kier alpha value is -3.27. The van der Waals surface area contributed by atoms with E-state index in [0.717, 1.165) is 5.52 Å². The number of carbonyl (C=O) groups is 1. The molecule has 0 fully saturated rings. The fourth-order valence-electron chi connectivity index (χ4n) is 2.35. The summed E-state index contributed by atoms with van der Waals surface area (Å²) >= 11 is 0. The van der Waals surface area contributed by atoms with E-state index in [1.165, 1.54) is 4.90 Å². The number of amides is 2. The summed E-state index contributed by atoms with van der Waals surface area (Å²) in [6.45, 7) is 2.38. The van der Waals surface area contributed by atoms with Crippen LogP contribution in [0.3, 0.4) is 0 Å². The maximum Gasteiger partial charge on any atom is 0.322 e. The number of aryl methyl sites for hydroxylation is 1. The Balaban J connectivity index is 1.74. The van der Waals surface area contributed by atoms with Crippen LogP contribution in [0.15, 0.2) is 45.4 Å². The van der Waals surface area contributed by atoms with Crippen LogP contribution in [0.2, 0.25) is 0 Å². The number of carbonyl (C=O) groups excluding carboxylic acids is 1. The second-order valence-electron chi connectivity index (χ2n) is 5.25. The average Bonchev–Trinajstić information content (AvgIpc) is 3.19. The number of nitrogens with one attached hydrogen (secondary N) is 1. The topological polar surface area (TPSA) is 95.3 Å². The van der Waals surface area contributed by atoms with E-state index in [9.17, 15) is 4.79 Å². The molecule has 0 unspecified atom stereocenters. The van der Waals surface area contributed by atoms with Crippen LogP contribution in [0.1, 0.15) is 18.1 Å². The number of nitriles is 1. The summed E-state index contributed by atoms with van der Waals surface area (Å²) in [4.78, 5) is 18.2. The van der Waals surface area contributed by atoms with Gasteiger partial charge in [0.05, 0.1) is 25.3 Å². The summed E-state index contributed by atoms with van der Waals surface area (Å²) in [5.41, 5.74) is 1.95. The van der Waals surface area contributed by atoms with Gasteiger partial charge in [0.15, 0.2) is 11.5 Å². The SMILES string of the molecule is Cc1nc2ccc(NC(=O)N(CCC#N)Cc3ccco3)cc2o1. The number of anilines is 1. The zero-order chi connectivity index (χ0) is 16.9. The van der Waals surface area contributed by atoms with Gasteiger partial charge in [0.2, 0.25) is 0 Å². The van der Waals surface area contributed by atoms with Crippen molar-refractivity contribution >= 4 is 22.8 Å². The molecule has 0 radical (unpaired) electrons. The first-order chi connectivity index (χ1) is 11.7. The lowest BCUT2D eigenvalue weighted by molar-refractivity contribution is 0.205. The molecule has 0 aliphatic carbocycles. The number of furan rings is 1. The van der Waals surface area contributed by atoms with Gasteiger partial charge in [-0.1, -0.05) is 0 Å². The van der Waals surface area contributed by atoms with Crippen LogP contribution in [-0.2, 0) is 6.54 Å². The predicted molar refractivity (Wildman–Crippen MR) is 87.1 cm³/mol. The number of oxazole rings is 1. The number of hydrogen-bond acceptors (Lipinski definition) is 5. The van der Waals surface area contributed by atoms with E-state index >= 15 is 0 Å². The third-order valence-electron chi connectivity index (χ3n) is 3.45. The number of urea groups is 1. The van der Waals surface area contributed by atoms with Crippen molar-refractivity contribution in [1.29, 1.82) is 5.26 Å². The van der Waals surface area contributed by atoms with Crippen LogP contribution in [0.4, 0.5) is 10.5 Å². The Bertz CT molecular complexity index is 877. The molecule has 2 heterocycles. The highest BCUT2D eigenvalue weighted by Gasteiger charge is 2.16. The standard InChI is InChI=1S/C17H16N4O3/c1-12-19-15-6-5-13(10-16(15)24-12)20-17(22)21(8-3-7-18)11-14-4-2-9-23-14/h2,4-6,9-10H,3,8,11H2,1H3,(H,20,22). The molecule has 0 spiro atoms. The third-order valence-corrected chi connectivity index (χ3v) is 3.45. The smallest absolute Gasteiger partial charge is 0.322 e. The lowest BCUT2D eigenvalue weighted by Crippen LogP contribution is -2.35. The van der Waals surface area contributed by atoms with Gasteiger partial charge in [-0.05, 0) is 24.3 Å². The van der Waals surface area contributed by atoms with E-state index in [-0.39, 0.29) is 12.5 Å². The van der Waals surface area contributed by atoms with E-state index in [1.807, 2.05) is 6.07 Å². The Labute approximate surface area is 138 Å². The van der Waals surface area contributed by atoms with E-state index in [4.69, 9.17) is 14.1 Å². The van der Waals surface area contributed by atoms with Crippen molar-refractivity contribution in [2.45, 2.75) is 19.9 Å². The maximum atomic E-state index is 12.5. The van der Waals surface area contributed by atoms with Crippen molar-refractivity contribution in [1.82, 2.24) is 9.88 Å². The largest absolute Gasteiger partial charge is 0.467 e. The summed E-state index contributed by atoms with van der Waals surface area (Å²) in [6.07, 6.45) is 1.80. The van der Waals surface area contributed by atoms with Crippen molar-refractivity contribution in [2.24, 2.45) is 0 Å². The summed E-state index contributed by atoms with van der Waals surface area (Å²) in [5, 5.41) is 11.6. The molecule has 0 aliphatic rings. The first-order valence-corrected chi connectivity index (χ1v) is 7.48. The molecule has 0 bridgehead atoms. The number of benzene rings is 1. The third kappa shape index (κ3) is 3.55. The molecule has 2 aromatic heterocycles. The quantitative estimate of drug-likeness (QED) is 0.772. The van der Waals surface area contributed by atoms with Gasteiger partial charge in [-0.3, -0.25) is 0 Å². The lowest BCUT2D eigenvalue weighted by Gasteiger charge is -2.21. The van der Waals surface area contributed by atoms with Gasteiger partial charge in [-0.2, -0.15) is 5.26 Å². The van der Waals surface area contributed by atoms with Crippen molar-refractivity contribution in [2.75, 3.05) is 11.9 Å². The van der Waals surface area contributed by atoms with Gasteiger partial charge in [-0.15, -0.1) is 0 Å². The Morgan fingerprint density at radius 3 is 3.04 bits per heavy atom. The second-order valence-corrected chi connectivity index (χ2v) is 5.25. The first-order valence-electron chi connectivity index (χ1n) is 7.48. The van der Waals surface area contributed by atoms with Crippen molar-refractivity contribution < 1.29 is 13.6 Å². The highest BCUT2D eigenvalue weighted by Crippen LogP contribution is 2.20. The van der Waals surface area contributed by atoms with Crippen LogP contribution >= 0.6 is 0 Å². The maximum absolute atomic E-state index is 12.5. The molecule has 7 nitrogen and oxygen atoms in total. The highest BCUT2D eigenvalue weighted by molar-refractivity contribution is 5.91. The summed E-state index contributed by atoms with van der Waals surface area (Å²) in [5.74, 6) is 1.23. The fourth-order valence-corrected chi connectivity index (χ4v) is 2.35. The summed E-state index contributed by atoms with van der Waals surface area (Å²) < 4.78 is 10.7. The molecule has 0 saturated carbocycles. The molecule has 3 aromatic rings. The average molecular weight is 324 g/mol. The predicted octanol–water partition coefficient (Wildman–Crippen LogP) is 3.68. The van der Waals surface area contributed by atoms with Gasteiger partial charge in [0.1, 0.15) is 11.3 Å². The zero-order valence-corrected chi connectivity index (χ0v) is 13.2. The molecule has 3 rings (SSSR count). The van der Waals surface area contributed by atoms with Crippen LogP contribution in [0.5, 0.6) is 0 Å². The van der Waals surface area contributed by atoms with Gasteiger partial charge >= 0.3 is 6.03 Å². The Kier molecular flexibility index (Phi) is 4.47. The van der Waals surface area contributed by atoms with Gasteiger partial charge in [0, 0.05) is 25.2 Å². The van der Waals surface area contributed by atoms with E-state index in [1.54, 1.807) is 43.5 Å². The van der Waals surface area contributed by atoms with Crippen LogP contribution in [0, 0.1) is 18.3 Å². The molecule has 0 aliphatic heterocycles. The molecule has 0 atom stereocenters. The molecule has 0 saturated heterocycles. The van der Waals surface area contributed by atoms with Gasteiger partial charge < -0.3 is 19.1 Å². The van der Waals surface area contributed by atoms with Gasteiger partial charge in [-0.25, -0.2) is 9.78 Å². The molecule has 7 heteroatoms. The number of hydrogen-bond donors (Lipinski definition) is 1. The minimum absolute atomic E-state index is 0.245. The monoisotopic (exact) mass is 324 g/mol. The van der Waals surface area contributed by atoms with E-state index < -0.39 is 0 Å². The van der Waals surface area contributed by atoms with Crippen LogP contribution < -0.4 is 5.32 Å². The number of aromatic nitrogens is 1. The van der Waals surface area contributed by atoms with Crippen LogP contribution in [0.25, 0.3) is 11.1 Å². The Morgan fingerprint density at radius 1 is 1.42 bits per heavy atom. The van der Waals surface area contributed by atoms with Crippen molar-refractivity contribution in [3.63, 3.8) is 0 Å². The minimum Gasteiger partial charge on any atom is -0.467 e. The van der Waals surface area contributed by atoms with E-state index in [2.05, 4.69) is 10.3 Å². The van der Waals surface area contributed by atoms with Crippen LogP contribution in [-0.4, -0.2) is 22.5 Å². The fraction of sp³-hybridized carbons (Fsp3) is 0.235. The normalized spacial score (nSPS) is 10.5. The minimum atomic E-state index is -0.308. The lowest BCUT2D eigenvalue weighted by atomic mass is 10.3. The molecule has 24 heavy (non-hydrogen) atoms. The molecular weight excluding hydrogens is 308 g/mol. The highest BCUT2D eigenvalue weighted by atomic mass is 16.3. The summed E-state index contributed by atoms with van der Waals surface area (Å²) in [7, 11) is 0. The number of fused-ring (bicyclic) bond motifs is 1. The summed E-state index contributed by atoms with van der Waals surface area (Å²) in [6, 6.07) is 10.6.